The third kappa shape index (κ3) is 3.73. The Bertz CT molecular complexity index is 432. The van der Waals surface area contributed by atoms with E-state index in [4.69, 9.17) is 0 Å². The Hall–Kier alpha value is -1.03. The molecule has 0 saturated carbocycles. The van der Waals surface area contributed by atoms with Crippen molar-refractivity contribution >= 4 is 16.9 Å². The van der Waals surface area contributed by atoms with Gasteiger partial charge in [0.25, 0.3) is 0 Å². The Morgan fingerprint density at radius 3 is 2.94 bits per heavy atom. The summed E-state index contributed by atoms with van der Waals surface area (Å²) in [6.07, 6.45) is 1.16. The number of amidine groups is 1. The van der Waals surface area contributed by atoms with Gasteiger partial charge in [-0.05, 0) is 18.4 Å². The lowest BCUT2D eigenvalue weighted by molar-refractivity contribution is 0.502. The van der Waals surface area contributed by atoms with Gasteiger partial charge in [0, 0.05) is 17.4 Å². The van der Waals surface area contributed by atoms with Crippen LogP contribution in [0, 0.1) is 11.7 Å². The van der Waals surface area contributed by atoms with E-state index in [1.807, 2.05) is 6.07 Å². The topological polar surface area (TPSA) is 24.4 Å². The zero-order chi connectivity index (χ0) is 13.0. The Morgan fingerprint density at radius 1 is 1.44 bits per heavy atom. The summed E-state index contributed by atoms with van der Waals surface area (Å²) < 4.78 is 13.4. The van der Waals surface area contributed by atoms with Crippen LogP contribution in [0.5, 0.6) is 0 Å². The number of rotatable bonds is 4. The van der Waals surface area contributed by atoms with Gasteiger partial charge >= 0.3 is 0 Å². The minimum atomic E-state index is -0.177. The van der Waals surface area contributed by atoms with Gasteiger partial charge in [-0.3, -0.25) is 4.99 Å². The molecule has 1 aromatic carbocycles. The number of nitrogens with one attached hydrogen (secondary N) is 1. The van der Waals surface area contributed by atoms with Gasteiger partial charge in [0.15, 0.2) is 5.17 Å². The largest absolute Gasteiger partial charge is 0.361 e. The van der Waals surface area contributed by atoms with Crippen molar-refractivity contribution in [2.45, 2.75) is 32.9 Å². The Labute approximate surface area is 112 Å². The van der Waals surface area contributed by atoms with E-state index < -0.39 is 0 Å². The summed E-state index contributed by atoms with van der Waals surface area (Å²) in [4.78, 5) is 4.44. The quantitative estimate of drug-likeness (QED) is 0.903. The van der Waals surface area contributed by atoms with Gasteiger partial charge in [0.05, 0.1) is 6.54 Å². The third-order valence-corrected chi connectivity index (χ3v) is 3.95. The highest BCUT2D eigenvalue weighted by Crippen LogP contribution is 2.19. The van der Waals surface area contributed by atoms with Crippen LogP contribution in [0.1, 0.15) is 25.8 Å². The smallest absolute Gasteiger partial charge is 0.157 e. The number of halogens is 1. The summed E-state index contributed by atoms with van der Waals surface area (Å²) >= 11 is 1.73. The van der Waals surface area contributed by atoms with Gasteiger partial charge in [-0.25, -0.2) is 4.39 Å². The normalized spacial score (nSPS) is 21.6. The predicted octanol–water partition coefficient (Wildman–Crippen LogP) is 3.43. The molecule has 0 bridgehead atoms. The van der Waals surface area contributed by atoms with E-state index >= 15 is 0 Å². The molecule has 0 amide bonds. The average molecular weight is 266 g/mol. The highest BCUT2D eigenvalue weighted by atomic mass is 32.2. The number of hydrogen-bond donors (Lipinski definition) is 1. The van der Waals surface area contributed by atoms with Crippen molar-refractivity contribution in [2.75, 3.05) is 5.75 Å². The van der Waals surface area contributed by atoms with Crippen molar-refractivity contribution in [3.05, 3.63) is 35.6 Å². The average Bonchev–Trinajstić information content (AvgIpc) is 2.75. The van der Waals surface area contributed by atoms with E-state index in [0.717, 1.165) is 17.3 Å². The van der Waals surface area contributed by atoms with Crippen molar-refractivity contribution in [3.8, 4) is 0 Å². The molecule has 98 valence electrons. The van der Waals surface area contributed by atoms with E-state index in [1.54, 1.807) is 23.9 Å². The van der Waals surface area contributed by atoms with Crippen LogP contribution < -0.4 is 5.32 Å². The van der Waals surface area contributed by atoms with Crippen LogP contribution in [0.2, 0.25) is 0 Å². The van der Waals surface area contributed by atoms with Gasteiger partial charge in [0.2, 0.25) is 0 Å². The monoisotopic (exact) mass is 266 g/mol. The molecular weight excluding hydrogens is 247 g/mol. The molecule has 0 radical (unpaired) electrons. The maximum atomic E-state index is 13.4. The lowest BCUT2D eigenvalue weighted by Crippen LogP contribution is -2.28. The molecular formula is C14H19FN2S. The molecule has 1 fully saturated rings. The van der Waals surface area contributed by atoms with Crippen LogP contribution in [-0.2, 0) is 6.54 Å². The summed E-state index contributed by atoms with van der Waals surface area (Å²) in [7, 11) is 0. The Morgan fingerprint density at radius 2 is 2.22 bits per heavy atom. The Balaban J connectivity index is 1.90. The summed E-state index contributed by atoms with van der Waals surface area (Å²) in [5, 5.41) is 4.35. The number of hydrogen-bond acceptors (Lipinski definition) is 2. The first-order valence-corrected chi connectivity index (χ1v) is 7.31. The minimum absolute atomic E-state index is 0.177. The van der Waals surface area contributed by atoms with E-state index in [9.17, 15) is 4.39 Å². The fourth-order valence-corrected chi connectivity index (χ4v) is 2.99. The number of benzene rings is 1. The molecule has 1 atom stereocenters. The van der Waals surface area contributed by atoms with Crippen LogP contribution in [0.25, 0.3) is 0 Å². The molecule has 18 heavy (non-hydrogen) atoms. The number of aliphatic imine (C=N–C) groups is 1. The highest BCUT2D eigenvalue weighted by Gasteiger charge is 2.20. The van der Waals surface area contributed by atoms with Gasteiger partial charge < -0.3 is 5.32 Å². The van der Waals surface area contributed by atoms with Crippen molar-refractivity contribution in [2.24, 2.45) is 10.9 Å². The second kappa shape index (κ2) is 6.23. The molecule has 0 aliphatic carbocycles. The molecule has 1 aliphatic heterocycles. The minimum Gasteiger partial charge on any atom is -0.361 e. The van der Waals surface area contributed by atoms with E-state index in [1.165, 1.54) is 6.07 Å². The number of nitrogens with zero attached hydrogens (tertiary/aromatic N) is 1. The molecule has 2 nitrogen and oxygen atoms in total. The van der Waals surface area contributed by atoms with Crippen LogP contribution >= 0.6 is 11.8 Å². The predicted molar refractivity (Wildman–Crippen MR) is 76.4 cm³/mol. The van der Waals surface area contributed by atoms with Crippen molar-refractivity contribution in [1.82, 2.24) is 5.32 Å². The summed E-state index contributed by atoms with van der Waals surface area (Å²) in [5.41, 5.74) is 0.653. The van der Waals surface area contributed by atoms with Gasteiger partial charge in [-0.2, -0.15) is 0 Å². The standard InChI is InChI=1S/C14H19FN2S/c1-10(2)7-12-9-18-14(17-12)16-8-11-5-3-4-6-13(11)15/h3-6,10,12H,7-9H2,1-2H3,(H,16,17). The number of thioether (sulfide) groups is 1. The lowest BCUT2D eigenvalue weighted by Gasteiger charge is -2.11. The fraction of sp³-hybridized carbons (Fsp3) is 0.500. The first-order valence-electron chi connectivity index (χ1n) is 6.32. The van der Waals surface area contributed by atoms with Crippen molar-refractivity contribution in [1.29, 1.82) is 0 Å². The molecule has 1 aliphatic rings. The molecule has 2 rings (SSSR count). The molecule has 1 saturated heterocycles. The van der Waals surface area contributed by atoms with Crippen LogP contribution in [0.15, 0.2) is 29.3 Å². The Kier molecular flexibility index (Phi) is 4.64. The first kappa shape index (κ1) is 13.4. The molecule has 0 aromatic heterocycles. The van der Waals surface area contributed by atoms with Crippen molar-refractivity contribution in [3.63, 3.8) is 0 Å². The second-order valence-electron chi connectivity index (χ2n) is 4.99. The zero-order valence-corrected chi connectivity index (χ0v) is 11.6. The molecule has 1 aromatic rings. The second-order valence-corrected chi connectivity index (χ2v) is 6.00. The highest BCUT2D eigenvalue weighted by molar-refractivity contribution is 8.14. The fourth-order valence-electron chi connectivity index (χ4n) is 2.01. The zero-order valence-electron chi connectivity index (χ0n) is 10.8. The van der Waals surface area contributed by atoms with Crippen LogP contribution in [0.3, 0.4) is 0 Å². The summed E-state index contributed by atoms with van der Waals surface area (Å²) in [6, 6.07) is 7.31. The maximum Gasteiger partial charge on any atom is 0.157 e. The van der Waals surface area contributed by atoms with E-state index in [0.29, 0.717) is 24.1 Å². The SMILES string of the molecule is CC(C)CC1CSC(=NCc2ccccc2F)N1. The maximum absolute atomic E-state index is 13.4. The van der Waals surface area contributed by atoms with E-state index in [2.05, 4.69) is 24.2 Å². The van der Waals surface area contributed by atoms with E-state index in [-0.39, 0.29) is 5.82 Å². The molecule has 1 heterocycles. The third-order valence-electron chi connectivity index (χ3n) is 2.86. The van der Waals surface area contributed by atoms with Gasteiger partial charge in [-0.1, -0.05) is 43.8 Å². The first-order chi connectivity index (χ1) is 8.65. The summed E-state index contributed by atoms with van der Waals surface area (Å²) in [6.45, 7) is 4.86. The molecule has 1 N–H and O–H groups in total. The molecule has 4 heteroatoms. The summed E-state index contributed by atoms with van der Waals surface area (Å²) in [5.74, 6) is 1.58. The molecule has 1 unspecified atom stereocenters. The lowest BCUT2D eigenvalue weighted by atomic mass is 10.1. The van der Waals surface area contributed by atoms with Crippen molar-refractivity contribution < 1.29 is 4.39 Å². The van der Waals surface area contributed by atoms with Gasteiger partial charge in [-0.15, -0.1) is 0 Å². The van der Waals surface area contributed by atoms with Gasteiger partial charge in [0.1, 0.15) is 5.82 Å². The van der Waals surface area contributed by atoms with Crippen LogP contribution in [0.4, 0.5) is 4.39 Å². The van der Waals surface area contributed by atoms with Crippen LogP contribution in [-0.4, -0.2) is 17.0 Å². The molecule has 0 spiro atoms.